The summed E-state index contributed by atoms with van der Waals surface area (Å²) in [6.45, 7) is 9.36. The summed E-state index contributed by atoms with van der Waals surface area (Å²) >= 11 is 0. The van der Waals surface area contributed by atoms with Gasteiger partial charge >= 0.3 is 0 Å². The fourth-order valence-corrected chi connectivity index (χ4v) is 3.25. The van der Waals surface area contributed by atoms with Crippen LogP contribution in [0.15, 0.2) is 4.99 Å². The lowest BCUT2D eigenvalue weighted by Gasteiger charge is -2.42. The molecule has 140 valence electrons. The minimum Gasteiger partial charge on any atom is -0.462 e. The molecule has 3 heterocycles. The van der Waals surface area contributed by atoms with Crippen LogP contribution in [0.1, 0.15) is 40.5 Å². The van der Waals surface area contributed by atoms with Crippen molar-refractivity contribution in [3.05, 3.63) is 0 Å². The lowest BCUT2D eigenvalue weighted by Crippen LogP contribution is -2.69. The zero-order valence-electron chi connectivity index (χ0n) is 15.6. The predicted molar refractivity (Wildman–Crippen MR) is 93.0 cm³/mol. The zero-order valence-corrected chi connectivity index (χ0v) is 15.6. The summed E-state index contributed by atoms with van der Waals surface area (Å²) in [6, 6.07) is -0.239. The first kappa shape index (κ1) is 19.4. The summed E-state index contributed by atoms with van der Waals surface area (Å²) in [5.74, 6) is 1.04. The second-order valence-corrected chi connectivity index (χ2v) is 7.75. The van der Waals surface area contributed by atoms with Gasteiger partial charge in [-0.2, -0.15) is 0 Å². The Morgan fingerprint density at radius 3 is 2.40 bits per heavy atom. The first-order valence-electron chi connectivity index (χ1n) is 8.62. The molecule has 2 N–H and O–H groups in total. The largest absolute Gasteiger partial charge is 0.462 e. The summed E-state index contributed by atoms with van der Waals surface area (Å²) < 4.78 is 4.55. The number of amidine groups is 1. The molecule has 3 rings (SSSR count). The van der Waals surface area contributed by atoms with Gasteiger partial charge in [0.25, 0.3) is 6.47 Å². The number of likely N-dealkylation sites (tertiary alicyclic amines) is 1. The smallest absolute Gasteiger partial charge is 0.293 e. The maximum absolute atomic E-state index is 11.7. The molecular weight excluding hydrogens is 324 g/mol. The van der Waals surface area contributed by atoms with Crippen LogP contribution in [0.3, 0.4) is 0 Å². The Morgan fingerprint density at radius 1 is 1.40 bits per heavy atom. The molecule has 0 radical (unpaired) electrons. The molecule has 0 aromatic rings. The SMILES string of the molecule is CC(C)(C)OC=O.CCC1N=C(C2CN(C)C3(CNC3=O)C2)NC1=O. The Kier molecular flexibility index (Phi) is 5.51. The van der Waals surface area contributed by atoms with Crippen molar-refractivity contribution in [3.63, 3.8) is 0 Å². The van der Waals surface area contributed by atoms with Crippen molar-refractivity contribution >= 4 is 24.1 Å². The molecule has 0 aliphatic carbocycles. The second-order valence-electron chi connectivity index (χ2n) is 7.75. The van der Waals surface area contributed by atoms with Crippen LogP contribution in [-0.2, 0) is 19.1 Å². The molecule has 25 heavy (non-hydrogen) atoms. The van der Waals surface area contributed by atoms with Gasteiger partial charge in [-0.1, -0.05) is 6.92 Å². The number of rotatable bonds is 3. The number of carbonyl (C=O) groups excluding carboxylic acids is 3. The van der Waals surface area contributed by atoms with Gasteiger partial charge in [-0.25, -0.2) is 0 Å². The third kappa shape index (κ3) is 4.00. The van der Waals surface area contributed by atoms with Crippen LogP contribution in [0.2, 0.25) is 0 Å². The number of aliphatic imine (C=N–C) groups is 1. The van der Waals surface area contributed by atoms with E-state index in [0.29, 0.717) is 13.0 Å². The second kappa shape index (κ2) is 7.11. The topological polar surface area (TPSA) is 100 Å². The third-order valence-electron chi connectivity index (χ3n) is 4.80. The van der Waals surface area contributed by atoms with Gasteiger partial charge in [-0.15, -0.1) is 0 Å². The highest BCUT2D eigenvalue weighted by Gasteiger charge is 2.56. The van der Waals surface area contributed by atoms with E-state index < -0.39 is 0 Å². The Morgan fingerprint density at radius 2 is 2.08 bits per heavy atom. The predicted octanol–water partition coefficient (Wildman–Crippen LogP) is 0.0715. The number of hydrogen-bond donors (Lipinski definition) is 2. The van der Waals surface area contributed by atoms with Crippen LogP contribution >= 0.6 is 0 Å². The number of hydrogen-bond acceptors (Lipinski definition) is 6. The maximum Gasteiger partial charge on any atom is 0.293 e. The highest BCUT2D eigenvalue weighted by Crippen LogP contribution is 2.36. The zero-order chi connectivity index (χ0) is 18.8. The number of β-lactam (4-membered cyclic amide) rings is 1. The monoisotopic (exact) mass is 352 g/mol. The molecule has 0 bridgehead atoms. The van der Waals surface area contributed by atoms with E-state index in [0.717, 1.165) is 25.2 Å². The third-order valence-corrected chi connectivity index (χ3v) is 4.80. The normalized spacial score (nSPS) is 31.5. The van der Waals surface area contributed by atoms with Gasteiger partial charge in [-0.3, -0.25) is 24.3 Å². The van der Waals surface area contributed by atoms with Crippen LogP contribution < -0.4 is 10.6 Å². The molecule has 2 saturated heterocycles. The van der Waals surface area contributed by atoms with E-state index >= 15 is 0 Å². The molecule has 8 heteroatoms. The number of ether oxygens (including phenoxy) is 1. The van der Waals surface area contributed by atoms with Gasteiger partial charge in [0, 0.05) is 19.0 Å². The molecule has 8 nitrogen and oxygen atoms in total. The van der Waals surface area contributed by atoms with Crippen molar-refractivity contribution < 1.29 is 19.1 Å². The van der Waals surface area contributed by atoms with Crippen LogP contribution in [0.5, 0.6) is 0 Å². The number of amides is 2. The fraction of sp³-hybridized carbons (Fsp3) is 0.765. The van der Waals surface area contributed by atoms with E-state index in [1.807, 2.05) is 34.7 Å². The van der Waals surface area contributed by atoms with Crippen LogP contribution in [-0.4, -0.2) is 66.3 Å². The molecular formula is C17H28N4O4. The van der Waals surface area contributed by atoms with E-state index in [9.17, 15) is 14.4 Å². The van der Waals surface area contributed by atoms with Crippen molar-refractivity contribution in [1.29, 1.82) is 0 Å². The first-order valence-corrected chi connectivity index (χ1v) is 8.62. The van der Waals surface area contributed by atoms with E-state index in [-0.39, 0.29) is 34.9 Å². The van der Waals surface area contributed by atoms with Crippen molar-refractivity contribution in [2.75, 3.05) is 20.1 Å². The molecule has 0 saturated carbocycles. The summed E-state index contributed by atoms with van der Waals surface area (Å²) in [5.41, 5.74) is -0.677. The van der Waals surface area contributed by atoms with E-state index in [1.165, 1.54) is 0 Å². The van der Waals surface area contributed by atoms with E-state index in [2.05, 4.69) is 25.3 Å². The number of nitrogens with one attached hydrogen (secondary N) is 2. The average Bonchev–Trinajstić information content (AvgIpc) is 3.06. The minimum atomic E-state index is -0.359. The minimum absolute atomic E-state index is 0.00540. The first-order chi connectivity index (χ1) is 11.6. The summed E-state index contributed by atoms with van der Waals surface area (Å²) in [7, 11) is 1.97. The summed E-state index contributed by atoms with van der Waals surface area (Å²) in [6.07, 6.45) is 1.48. The Hall–Kier alpha value is -1.96. The van der Waals surface area contributed by atoms with Gasteiger partial charge in [0.05, 0.1) is 0 Å². The fourth-order valence-electron chi connectivity index (χ4n) is 3.25. The highest BCUT2D eigenvalue weighted by atomic mass is 16.5. The molecule has 3 atom stereocenters. The molecule has 3 aliphatic heterocycles. The standard InChI is InChI=1S/C12H18N4O2.C5H10O2/c1-3-8-10(17)15-9(14-8)7-4-12(16(2)5-7)6-13-11(12)18;1-5(2,3)7-4-6/h7-8H,3-6H2,1-2H3,(H,13,18)(H,14,15,17);4H,1-3H3. The van der Waals surface area contributed by atoms with Gasteiger partial charge in [0.1, 0.15) is 23.0 Å². The summed E-state index contributed by atoms with van der Waals surface area (Å²) in [4.78, 5) is 39.5. The lowest BCUT2D eigenvalue weighted by atomic mass is 9.85. The van der Waals surface area contributed by atoms with Gasteiger partial charge in [0.2, 0.25) is 11.8 Å². The van der Waals surface area contributed by atoms with Crippen molar-refractivity contribution in [2.24, 2.45) is 10.9 Å². The van der Waals surface area contributed by atoms with Crippen molar-refractivity contribution in [2.45, 2.75) is 57.7 Å². The lowest BCUT2D eigenvalue weighted by molar-refractivity contribution is -0.140. The molecule has 3 unspecified atom stereocenters. The summed E-state index contributed by atoms with van der Waals surface area (Å²) in [5, 5.41) is 5.67. The van der Waals surface area contributed by atoms with Gasteiger partial charge < -0.3 is 15.4 Å². The number of carbonyl (C=O) groups is 3. The molecule has 0 aromatic heterocycles. The van der Waals surface area contributed by atoms with Gasteiger partial charge in [0.15, 0.2) is 0 Å². The van der Waals surface area contributed by atoms with E-state index in [1.54, 1.807) is 0 Å². The Bertz CT molecular complexity index is 584. The molecule has 1 spiro atoms. The number of likely N-dealkylation sites (N-methyl/N-ethyl adjacent to an activating group) is 1. The quantitative estimate of drug-likeness (QED) is 0.553. The average molecular weight is 352 g/mol. The van der Waals surface area contributed by atoms with E-state index in [4.69, 9.17) is 0 Å². The van der Waals surface area contributed by atoms with Crippen molar-refractivity contribution in [1.82, 2.24) is 15.5 Å². The van der Waals surface area contributed by atoms with Gasteiger partial charge in [-0.05, 0) is 40.7 Å². The Labute approximate surface area is 148 Å². The van der Waals surface area contributed by atoms with Crippen LogP contribution in [0, 0.1) is 5.92 Å². The van der Waals surface area contributed by atoms with Crippen molar-refractivity contribution in [3.8, 4) is 0 Å². The molecule has 2 amide bonds. The van der Waals surface area contributed by atoms with Crippen LogP contribution in [0.25, 0.3) is 0 Å². The Balaban J connectivity index is 0.000000277. The molecule has 3 aliphatic rings. The maximum atomic E-state index is 11.7. The molecule has 0 aromatic carbocycles. The van der Waals surface area contributed by atoms with Crippen LogP contribution in [0.4, 0.5) is 0 Å². The molecule has 2 fully saturated rings. The highest BCUT2D eigenvalue weighted by molar-refractivity contribution is 6.07. The number of nitrogens with zero attached hydrogens (tertiary/aromatic N) is 2.